The monoisotopic (exact) mass is 242 g/mol. The zero-order valence-corrected chi connectivity index (χ0v) is 9.96. The summed E-state index contributed by atoms with van der Waals surface area (Å²) in [6.07, 6.45) is 1.08. The Morgan fingerprint density at radius 2 is 2.00 bits per heavy atom. The molecule has 0 aliphatic carbocycles. The molecule has 1 rings (SSSR count). The van der Waals surface area contributed by atoms with Crippen molar-refractivity contribution in [3.05, 3.63) is 29.8 Å². The molecule has 0 atom stereocenters. The summed E-state index contributed by atoms with van der Waals surface area (Å²) >= 11 is 0. The molecule has 0 aliphatic rings. The van der Waals surface area contributed by atoms with Gasteiger partial charge in [0.1, 0.15) is 0 Å². The number of amides is 1. The van der Waals surface area contributed by atoms with Gasteiger partial charge < -0.3 is 10.2 Å². The van der Waals surface area contributed by atoms with Crippen LogP contribution in [0.5, 0.6) is 0 Å². The number of nitrogens with one attached hydrogen (secondary N) is 1. The zero-order chi connectivity index (χ0) is 12.8. The summed E-state index contributed by atoms with van der Waals surface area (Å²) < 4.78 is 25.5. The molecule has 0 heterocycles. The summed E-state index contributed by atoms with van der Waals surface area (Å²) in [5.74, 6) is -1.69. The smallest absolute Gasteiger partial charge is 0.222 e. The third kappa shape index (κ3) is 4.38. The van der Waals surface area contributed by atoms with Gasteiger partial charge in [-0.15, -0.1) is 0 Å². The molecule has 5 heteroatoms. The minimum absolute atomic E-state index is 0.0529. The Hall–Kier alpha value is -1.65. The Morgan fingerprint density at radius 3 is 2.59 bits per heavy atom. The SMILES string of the molecule is CN(C)C(=O)CCCNc1ccc(F)c(F)c1. The molecule has 3 nitrogen and oxygen atoms in total. The molecule has 0 spiro atoms. The van der Waals surface area contributed by atoms with E-state index in [0.717, 1.165) is 12.1 Å². The van der Waals surface area contributed by atoms with E-state index in [2.05, 4.69) is 5.32 Å². The molecular weight excluding hydrogens is 226 g/mol. The van der Waals surface area contributed by atoms with Crippen LogP contribution >= 0.6 is 0 Å². The normalized spacial score (nSPS) is 10.1. The lowest BCUT2D eigenvalue weighted by Gasteiger charge is -2.10. The largest absolute Gasteiger partial charge is 0.385 e. The van der Waals surface area contributed by atoms with Crippen LogP contribution in [0.2, 0.25) is 0 Å². The molecule has 1 amide bonds. The van der Waals surface area contributed by atoms with Crippen molar-refractivity contribution in [2.45, 2.75) is 12.8 Å². The fourth-order valence-corrected chi connectivity index (χ4v) is 1.30. The zero-order valence-electron chi connectivity index (χ0n) is 9.96. The highest BCUT2D eigenvalue weighted by molar-refractivity contribution is 5.75. The second kappa shape index (κ2) is 6.18. The van der Waals surface area contributed by atoms with Crippen LogP contribution in [0, 0.1) is 11.6 Å². The van der Waals surface area contributed by atoms with Gasteiger partial charge in [-0.1, -0.05) is 0 Å². The van der Waals surface area contributed by atoms with Gasteiger partial charge in [0, 0.05) is 32.7 Å². The highest BCUT2D eigenvalue weighted by atomic mass is 19.2. The van der Waals surface area contributed by atoms with E-state index in [1.165, 1.54) is 11.0 Å². The van der Waals surface area contributed by atoms with Crippen LogP contribution in [0.4, 0.5) is 14.5 Å². The number of hydrogen-bond donors (Lipinski definition) is 1. The number of anilines is 1. The van der Waals surface area contributed by atoms with Gasteiger partial charge in [-0.2, -0.15) is 0 Å². The molecule has 1 N–H and O–H groups in total. The maximum atomic E-state index is 12.8. The fourth-order valence-electron chi connectivity index (χ4n) is 1.30. The molecule has 0 aliphatic heterocycles. The van der Waals surface area contributed by atoms with E-state index >= 15 is 0 Å². The van der Waals surface area contributed by atoms with Crippen molar-refractivity contribution < 1.29 is 13.6 Å². The Morgan fingerprint density at radius 1 is 1.29 bits per heavy atom. The van der Waals surface area contributed by atoms with Gasteiger partial charge in [0.25, 0.3) is 0 Å². The van der Waals surface area contributed by atoms with Crippen molar-refractivity contribution >= 4 is 11.6 Å². The summed E-state index contributed by atoms with van der Waals surface area (Å²) in [5.41, 5.74) is 0.515. The molecule has 0 saturated carbocycles. The Balaban J connectivity index is 2.31. The molecule has 0 fully saturated rings. The summed E-state index contributed by atoms with van der Waals surface area (Å²) in [4.78, 5) is 12.8. The second-order valence-electron chi connectivity index (χ2n) is 3.95. The Bertz CT molecular complexity index is 394. The number of hydrogen-bond acceptors (Lipinski definition) is 2. The van der Waals surface area contributed by atoms with Gasteiger partial charge >= 0.3 is 0 Å². The van der Waals surface area contributed by atoms with E-state index in [4.69, 9.17) is 0 Å². The van der Waals surface area contributed by atoms with E-state index in [1.54, 1.807) is 14.1 Å². The van der Waals surface area contributed by atoms with E-state index in [-0.39, 0.29) is 5.91 Å². The molecule has 0 bridgehead atoms. The molecule has 0 aromatic heterocycles. The molecule has 1 aromatic rings. The minimum Gasteiger partial charge on any atom is -0.385 e. The molecule has 17 heavy (non-hydrogen) atoms. The molecule has 0 saturated heterocycles. The first-order valence-electron chi connectivity index (χ1n) is 5.40. The van der Waals surface area contributed by atoms with Gasteiger partial charge in [-0.25, -0.2) is 8.78 Å². The summed E-state index contributed by atoms with van der Waals surface area (Å²) in [6.45, 7) is 0.546. The summed E-state index contributed by atoms with van der Waals surface area (Å²) in [7, 11) is 3.40. The van der Waals surface area contributed by atoms with Crippen molar-refractivity contribution in [1.29, 1.82) is 0 Å². The van der Waals surface area contributed by atoms with Crippen molar-refractivity contribution in [1.82, 2.24) is 4.90 Å². The fraction of sp³-hybridized carbons (Fsp3) is 0.417. The highest BCUT2D eigenvalue weighted by Gasteiger charge is 2.04. The maximum Gasteiger partial charge on any atom is 0.222 e. The highest BCUT2D eigenvalue weighted by Crippen LogP contribution is 2.13. The minimum atomic E-state index is -0.876. The van der Waals surface area contributed by atoms with Crippen LogP contribution < -0.4 is 5.32 Å². The van der Waals surface area contributed by atoms with E-state index in [1.807, 2.05) is 0 Å². The number of rotatable bonds is 5. The van der Waals surface area contributed by atoms with E-state index in [0.29, 0.717) is 25.1 Å². The van der Waals surface area contributed by atoms with Crippen LogP contribution in [0.15, 0.2) is 18.2 Å². The molecule has 0 radical (unpaired) electrons. The van der Waals surface area contributed by atoms with Crippen LogP contribution in [0.25, 0.3) is 0 Å². The van der Waals surface area contributed by atoms with Crippen molar-refractivity contribution in [2.24, 2.45) is 0 Å². The number of nitrogens with zero attached hydrogens (tertiary/aromatic N) is 1. The Labute approximate surface area is 99.4 Å². The third-order valence-corrected chi connectivity index (χ3v) is 2.31. The number of carbonyl (C=O) groups excluding carboxylic acids is 1. The van der Waals surface area contributed by atoms with Crippen LogP contribution in [0.3, 0.4) is 0 Å². The first-order valence-corrected chi connectivity index (χ1v) is 5.40. The topological polar surface area (TPSA) is 32.3 Å². The van der Waals surface area contributed by atoms with Gasteiger partial charge in [0.15, 0.2) is 11.6 Å². The number of benzene rings is 1. The third-order valence-electron chi connectivity index (χ3n) is 2.31. The lowest BCUT2D eigenvalue weighted by Crippen LogP contribution is -2.22. The maximum absolute atomic E-state index is 12.8. The van der Waals surface area contributed by atoms with Crippen molar-refractivity contribution in [3.63, 3.8) is 0 Å². The van der Waals surface area contributed by atoms with Crippen molar-refractivity contribution in [2.75, 3.05) is 26.0 Å². The second-order valence-corrected chi connectivity index (χ2v) is 3.95. The molecule has 94 valence electrons. The summed E-state index contributed by atoms with van der Waals surface area (Å²) in [5, 5.41) is 2.93. The van der Waals surface area contributed by atoms with Gasteiger partial charge in [-0.3, -0.25) is 4.79 Å². The lowest BCUT2D eigenvalue weighted by molar-refractivity contribution is -0.128. The quantitative estimate of drug-likeness (QED) is 0.803. The molecular formula is C12H16F2N2O. The molecule has 1 aromatic carbocycles. The first kappa shape index (κ1) is 13.4. The molecule has 0 unspecified atom stereocenters. The summed E-state index contributed by atoms with van der Waals surface area (Å²) in [6, 6.07) is 3.64. The Kier molecular flexibility index (Phi) is 4.87. The van der Waals surface area contributed by atoms with Crippen LogP contribution in [-0.2, 0) is 4.79 Å². The lowest BCUT2D eigenvalue weighted by atomic mass is 10.2. The number of halogens is 2. The number of carbonyl (C=O) groups is 1. The van der Waals surface area contributed by atoms with E-state index < -0.39 is 11.6 Å². The predicted molar refractivity (Wildman–Crippen MR) is 62.8 cm³/mol. The standard InChI is InChI=1S/C12H16F2N2O/c1-16(2)12(17)4-3-7-15-9-5-6-10(13)11(14)8-9/h5-6,8,15H,3-4,7H2,1-2H3. The average Bonchev–Trinajstić information content (AvgIpc) is 2.28. The van der Waals surface area contributed by atoms with Gasteiger partial charge in [0.05, 0.1) is 0 Å². The van der Waals surface area contributed by atoms with Crippen LogP contribution in [0.1, 0.15) is 12.8 Å². The van der Waals surface area contributed by atoms with E-state index in [9.17, 15) is 13.6 Å². The van der Waals surface area contributed by atoms with Crippen molar-refractivity contribution in [3.8, 4) is 0 Å². The van der Waals surface area contributed by atoms with Gasteiger partial charge in [-0.05, 0) is 24.6 Å². The first-order chi connectivity index (χ1) is 8.00. The van der Waals surface area contributed by atoms with Gasteiger partial charge in [0.2, 0.25) is 5.91 Å². The van der Waals surface area contributed by atoms with Crippen LogP contribution in [-0.4, -0.2) is 31.4 Å². The average molecular weight is 242 g/mol. The predicted octanol–water partition coefficient (Wildman–Crippen LogP) is 2.25.